The van der Waals surface area contributed by atoms with Crippen LogP contribution >= 0.6 is 11.3 Å². The van der Waals surface area contributed by atoms with Gasteiger partial charge in [-0.2, -0.15) is 0 Å². The molecule has 5 nitrogen and oxygen atoms in total. The highest BCUT2D eigenvalue weighted by molar-refractivity contribution is 7.14. The molecule has 21 heavy (non-hydrogen) atoms. The lowest BCUT2D eigenvalue weighted by atomic mass is 10.3. The number of nitrogens with two attached hydrogens (primary N) is 1. The molecule has 1 aliphatic rings. The van der Waals surface area contributed by atoms with Crippen molar-refractivity contribution in [2.45, 2.75) is 13.3 Å². The monoisotopic (exact) mass is 305 g/mol. The zero-order chi connectivity index (χ0) is 15.2. The standard InChI is InChI=1S/C15H19N3O2S/c1-12(19)17-8-3-9-18(11-10-17)15(20)14-6-5-13(21-14)4-2-7-16/h5-6H,3,7-11,16H2,1H3. The van der Waals surface area contributed by atoms with E-state index in [0.717, 1.165) is 17.8 Å². The van der Waals surface area contributed by atoms with Crippen LogP contribution in [0.25, 0.3) is 0 Å². The Morgan fingerprint density at radius 1 is 1.24 bits per heavy atom. The number of hydrogen-bond donors (Lipinski definition) is 1. The average molecular weight is 305 g/mol. The van der Waals surface area contributed by atoms with Gasteiger partial charge in [0.05, 0.1) is 16.3 Å². The maximum absolute atomic E-state index is 12.5. The second-order valence-electron chi connectivity index (χ2n) is 4.82. The molecular weight excluding hydrogens is 286 g/mol. The Morgan fingerprint density at radius 2 is 1.95 bits per heavy atom. The first-order valence-corrected chi connectivity index (χ1v) is 7.77. The van der Waals surface area contributed by atoms with Gasteiger partial charge in [-0.1, -0.05) is 11.8 Å². The third-order valence-electron chi connectivity index (χ3n) is 3.36. The Bertz CT molecular complexity index is 585. The number of carbonyl (C=O) groups is 2. The van der Waals surface area contributed by atoms with Gasteiger partial charge in [-0.25, -0.2) is 0 Å². The van der Waals surface area contributed by atoms with Crippen LogP contribution < -0.4 is 5.73 Å². The smallest absolute Gasteiger partial charge is 0.264 e. The highest BCUT2D eigenvalue weighted by Gasteiger charge is 2.22. The molecule has 1 saturated heterocycles. The second-order valence-corrected chi connectivity index (χ2v) is 5.91. The van der Waals surface area contributed by atoms with Gasteiger partial charge in [0.25, 0.3) is 5.91 Å². The normalized spacial score (nSPS) is 15.1. The molecule has 2 heterocycles. The molecule has 6 heteroatoms. The summed E-state index contributed by atoms with van der Waals surface area (Å²) in [5.41, 5.74) is 5.34. The van der Waals surface area contributed by atoms with Crippen LogP contribution in [0.3, 0.4) is 0 Å². The number of rotatable bonds is 1. The van der Waals surface area contributed by atoms with E-state index in [1.807, 2.05) is 11.0 Å². The molecule has 0 radical (unpaired) electrons. The predicted molar refractivity (Wildman–Crippen MR) is 83.0 cm³/mol. The minimum atomic E-state index is 0.0196. The number of carbonyl (C=O) groups excluding carboxylic acids is 2. The van der Waals surface area contributed by atoms with Gasteiger partial charge in [0.2, 0.25) is 5.91 Å². The van der Waals surface area contributed by atoms with E-state index in [2.05, 4.69) is 11.8 Å². The van der Waals surface area contributed by atoms with Gasteiger partial charge in [0.1, 0.15) is 0 Å². The molecule has 0 bridgehead atoms. The molecule has 0 aromatic carbocycles. The van der Waals surface area contributed by atoms with Crippen molar-refractivity contribution < 1.29 is 9.59 Å². The fourth-order valence-corrected chi connectivity index (χ4v) is 3.10. The molecule has 0 unspecified atom stereocenters. The number of thiophene rings is 1. The first-order valence-electron chi connectivity index (χ1n) is 6.95. The van der Waals surface area contributed by atoms with E-state index in [1.165, 1.54) is 11.3 Å². The highest BCUT2D eigenvalue weighted by Crippen LogP contribution is 2.18. The molecule has 1 aromatic heterocycles. The van der Waals surface area contributed by atoms with Crippen molar-refractivity contribution in [2.75, 3.05) is 32.7 Å². The molecule has 0 aliphatic carbocycles. The Morgan fingerprint density at radius 3 is 2.67 bits per heavy atom. The molecule has 1 fully saturated rings. The van der Waals surface area contributed by atoms with Gasteiger partial charge in [0.15, 0.2) is 0 Å². The molecule has 1 aromatic rings. The van der Waals surface area contributed by atoms with E-state index < -0.39 is 0 Å². The molecule has 0 saturated carbocycles. The van der Waals surface area contributed by atoms with Crippen LogP contribution in [0.2, 0.25) is 0 Å². The molecule has 0 atom stereocenters. The minimum Gasteiger partial charge on any atom is -0.341 e. The topological polar surface area (TPSA) is 66.6 Å². The lowest BCUT2D eigenvalue weighted by molar-refractivity contribution is -0.128. The van der Waals surface area contributed by atoms with E-state index >= 15 is 0 Å². The average Bonchev–Trinajstić information content (AvgIpc) is 2.79. The minimum absolute atomic E-state index is 0.0196. The summed E-state index contributed by atoms with van der Waals surface area (Å²) in [6.45, 7) is 4.47. The predicted octanol–water partition coefficient (Wildman–Crippen LogP) is 0.753. The fraction of sp³-hybridized carbons (Fsp3) is 0.467. The molecule has 0 spiro atoms. The Hall–Kier alpha value is -1.84. The van der Waals surface area contributed by atoms with Gasteiger partial charge in [-0.15, -0.1) is 11.3 Å². The van der Waals surface area contributed by atoms with Crippen LogP contribution in [0.4, 0.5) is 0 Å². The zero-order valence-corrected chi connectivity index (χ0v) is 12.9. The van der Waals surface area contributed by atoms with E-state index in [4.69, 9.17) is 5.73 Å². The third kappa shape index (κ3) is 4.06. The highest BCUT2D eigenvalue weighted by atomic mass is 32.1. The van der Waals surface area contributed by atoms with Crippen molar-refractivity contribution in [3.63, 3.8) is 0 Å². The van der Waals surface area contributed by atoms with Crippen LogP contribution in [0.1, 0.15) is 27.9 Å². The SMILES string of the molecule is CC(=O)N1CCCN(C(=O)c2ccc(C#CCN)s2)CC1. The number of hydrogen-bond acceptors (Lipinski definition) is 4. The summed E-state index contributed by atoms with van der Waals surface area (Å²) < 4.78 is 0. The maximum atomic E-state index is 12.5. The van der Waals surface area contributed by atoms with E-state index in [0.29, 0.717) is 31.1 Å². The van der Waals surface area contributed by atoms with E-state index in [1.54, 1.807) is 17.9 Å². The molecule has 2 N–H and O–H groups in total. The lowest BCUT2D eigenvalue weighted by Crippen LogP contribution is -2.36. The van der Waals surface area contributed by atoms with Crippen molar-refractivity contribution in [1.29, 1.82) is 0 Å². The summed E-state index contributed by atoms with van der Waals surface area (Å²) in [5.74, 6) is 5.81. The summed E-state index contributed by atoms with van der Waals surface area (Å²) in [7, 11) is 0. The molecule has 2 amide bonds. The van der Waals surface area contributed by atoms with Crippen LogP contribution in [0.15, 0.2) is 12.1 Å². The van der Waals surface area contributed by atoms with Gasteiger partial charge in [-0.05, 0) is 18.6 Å². The molecular formula is C15H19N3O2S. The van der Waals surface area contributed by atoms with Gasteiger partial charge < -0.3 is 15.5 Å². The fourth-order valence-electron chi connectivity index (χ4n) is 2.25. The lowest BCUT2D eigenvalue weighted by Gasteiger charge is -2.20. The number of nitrogens with zero attached hydrogens (tertiary/aromatic N) is 2. The first kappa shape index (κ1) is 15.5. The Kier molecular flexibility index (Phi) is 5.37. The van der Waals surface area contributed by atoms with Crippen molar-refractivity contribution >= 4 is 23.2 Å². The first-order chi connectivity index (χ1) is 10.1. The van der Waals surface area contributed by atoms with Crippen LogP contribution in [0.5, 0.6) is 0 Å². The summed E-state index contributed by atoms with van der Waals surface area (Å²) >= 11 is 1.39. The molecule has 1 aliphatic heterocycles. The van der Waals surface area contributed by atoms with Crippen molar-refractivity contribution in [1.82, 2.24) is 9.80 Å². The van der Waals surface area contributed by atoms with Crippen molar-refractivity contribution in [2.24, 2.45) is 5.73 Å². The summed E-state index contributed by atoms with van der Waals surface area (Å²) in [6, 6.07) is 3.65. The molecule has 2 rings (SSSR count). The quantitative estimate of drug-likeness (QED) is 0.779. The summed E-state index contributed by atoms with van der Waals surface area (Å²) in [5, 5.41) is 0. The summed E-state index contributed by atoms with van der Waals surface area (Å²) in [6.07, 6.45) is 0.816. The largest absolute Gasteiger partial charge is 0.341 e. The maximum Gasteiger partial charge on any atom is 0.264 e. The van der Waals surface area contributed by atoms with Crippen LogP contribution in [0, 0.1) is 11.8 Å². The number of amides is 2. The van der Waals surface area contributed by atoms with E-state index in [9.17, 15) is 9.59 Å². The van der Waals surface area contributed by atoms with Crippen molar-refractivity contribution in [3.05, 3.63) is 21.9 Å². The Labute approximate surface area is 128 Å². The second kappa shape index (κ2) is 7.25. The van der Waals surface area contributed by atoms with Gasteiger partial charge in [0, 0.05) is 33.1 Å². The van der Waals surface area contributed by atoms with Crippen LogP contribution in [-0.4, -0.2) is 54.3 Å². The van der Waals surface area contributed by atoms with Crippen molar-refractivity contribution in [3.8, 4) is 11.8 Å². The molecule has 112 valence electrons. The summed E-state index contributed by atoms with van der Waals surface area (Å²) in [4.78, 5) is 29.0. The third-order valence-corrected chi connectivity index (χ3v) is 4.35. The van der Waals surface area contributed by atoms with Gasteiger partial charge in [-0.3, -0.25) is 9.59 Å². The zero-order valence-electron chi connectivity index (χ0n) is 12.1. The van der Waals surface area contributed by atoms with Crippen LogP contribution in [-0.2, 0) is 4.79 Å². The Balaban J connectivity index is 2.02. The van der Waals surface area contributed by atoms with Gasteiger partial charge >= 0.3 is 0 Å². The van der Waals surface area contributed by atoms with E-state index in [-0.39, 0.29) is 11.8 Å².